The minimum Gasteiger partial charge on any atom is -0.489 e. The summed E-state index contributed by atoms with van der Waals surface area (Å²) >= 11 is 6.86. The van der Waals surface area contributed by atoms with E-state index in [1.165, 1.54) is 0 Å². The Morgan fingerprint density at radius 1 is 1.09 bits per heavy atom. The number of halogens is 1. The zero-order valence-corrected chi connectivity index (χ0v) is 19.2. The zero-order valence-electron chi connectivity index (χ0n) is 17.6. The number of aliphatic carboxylic acids is 1. The number of nitrogens with one attached hydrogen (secondary N) is 1. The molecular weight excluding hydrogens is 472 g/mol. The van der Waals surface area contributed by atoms with Crippen molar-refractivity contribution in [2.24, 2.45) is 0 Å². The lowest BCUT2D eigenvalue weighted by molar-refractivity contribution is -0.131. The number of carbonyl (C=O) groups is 1. The second kappa shape index (κ2) is 10.7. The molecule has 0 bridgehead atoms. The number of carboxylic acid groups (broad SMARTS) is 1. The van der Waals surface area contributed by atoms with E-state index in [1.807, 2.05) is 12.1 Å². The van der Waals surface area contributed by atoms with E-state index in [0.29, 0.717) is 39.5 Å². The van der Waals surface area contributed by atoms with Gasteiger partial charge in [0.05, 0.1) is 11.6 Å². The predicted molar refractivity (Wildman–Crippen MR) is 130 cm³/mol. The van der Waals surface area contributed by atoms with Gasteiger partial charge < -0.3 is 9.84 Å². The number of nitrogens with zero attached hydrogens (tertiary/aromatic N) is 3. The van der Waals surface area contributed by atoms with Crippen molar-refractivity contribution in [3.63, 3.8) is 0 Å². The fourth-order valence-electron chi connectivity index (χ4n) is 2.92. The third kappa shape index (κ3) is 6.04. The van der Waals surface area contributed by atoms with Gasteiger partial charge in [-0.2, -0.15) is 5.26 Å². The molecule has 0 saturated heterocycles. The first-order valence-corrected chi connectivity index (χ1v) is 11.2. The lowest BCUT2D eigenvalue weighted by Gasteiger charge is -2.07. The van der Waals surface area contributed by atoms with Crippen molar-refractivity contribution in [3.8, 4) is 23.2 Å². The quantitative estimate of drug-likeness (QED) is 0.238. The Bertz CT molecular complexity index is 1360. The topological polar surface area (TPSA) is 112 Å². The lowest BCUT2D eigenvalue weighted by Crippen LogP contribution is -1.97. The van der Waals surface area contributed by atoms with Crippen LogP contribution in [0.15, 0.2) is 82.9 Å². The maximum atomic E-state index is 11.8. The van der Waals surface area contributed by atoms with Crippen LogP contribution in [0.4, 0.5) is 0 Å². The Kier molecular flexibility index (Phi) is 7.28. The summed E-state index contributed by atoms with van der Waals surface area (Å²) in [5, 5.41) is 26.3. The molecule has 4 rings (SSSR count). The van der Waals surface area contributed by atoms with Gasteiger partial charge in [-0.05, 0) is 77.5 Å². The molecule has 0 unspecified atom stereocenters. The molecule has 0 amide bonds. The fourth-order valence-corrected chi connectivity index (χ4v) is 3.75. The highest BCUT2D eigenvalue weighted by Crippen LogP contribution is 2.28. The van der Waals surface area contributed by atoms with Crippen molar-refractivity contribution in [1.29, 1.82) is 5.26 Å². The molecule has 2 N–H and O–H groups in total. The first-order valence-electron chi connectivity index (χ1n) is 10.0. The van der Waals surface area contributed by atoms with Crippen LogP contribution in [0.25, 0.3) is 17.5 Å². The highest BCUT2D eigenvalue weighted by Gasteiger charge is 2.14. The van der Waals surface area contributed by atoms with E-state index < -0.39 is 5.97 Å². The molecule has 0 aliphatic carbocycles. The third-order valence-electron chi connectivity index (χ3n) is 4.66. The standard InChI is InChI=1S/C25H17ClN4O3S/c26-20-9-7-19(8-10-20)23-28-25(30-29-23)34-22(24(31)32)13-16-5-11-21(12-6-16)33-15-18-3-1-17(14-27)2-4-18/h1-13H,15H2,(H,31,32)(H,28,29,30)/b22-13-. The number of hydrogen-bond acceptors (Lipinski definition) is 6. The van der Waals surface area contributed by atoms with Crippen molar-refractivity contribution in [1.82, 2.24) is 15.2 Å². The molecular formula is C25H17ClN4O3S. The molecule has 0 aliphatic heterocycles. The number of benzene rings is 3. The van der Waals surface area contributed by atoms with E-state index in [4.69, 9.17) is 21.6 Å². The van der Waals surface area contributed by atoms with Crippen LogP contribution in [0.3, 0.4) is 0 Å². The van der Waals surface area contributed by atoms with Crippen LogP contribution < -0.4 is 4.74 Å². The average Bonchev–Trinajstić information content (AvgIpc) is 3.32. The van der Waals surface area contributed by atoms with Gasteiger partial charge in [0.15, 0.2) is 5.82 Å². The molecule has 0 atom stereocenters. The Hall–Kier alpha value is -4.06. The summed E-state index contributed by atoms with van der Waals surface area (Å²) in [5.74, 6) is 0.0873. The number of rotatable bonds is 8. The highest BCUT2D eigenvalue weighted by atomic mass is 35.5. The van der Waals surface area contributed by atoms with E-state index in [2.05, 4.69) is 21.3 Å². The number of carboxylic acids is 1. The normalized spacial score (nSPS) is 11.1. The van der Waals surface area contributed by atoms with Crippen molar-refractivity contribution >= 4 is 35.4 Å². The Morgan fingerprint density at radius 2 is 1.79 bits per heavy atom. The van der Waals surface area contributed by atoms with Gasteiger partial charge in [-0.1, -0.05) is 35.9 Å². The molecule has 7 nitrogen and oxygen atoms in total. The van der Waals surface area contributed by atoms with E-state index in [9.17, 15) is 9.90 Å². The SMILES string of the molecule is N#Cc1ccc(COc2ccc(/C=C(\Sc3n[nH]c(-c4ccc(Cl)cc4)n3)C(=O)O)cc2)cc1. The smallest absolute Gasteiger partial charge is 0.342 e. The number of nitriles is 1. The van der Waals surface area contributed by atoms with Crippen LogP contribution in [-0.4, -0.2) is 26.3 Å². The lowest BCUT2D eigenvalue weighted by atomic mass is 10.1. The van der Waals surface area contributed by atoms with Crippen LogP contribution in [0, 0.1) is 11.3 Å². The number of thioether (sulfide) groups is 1. The molecule has 0 fully saturated rings. The van der Waals surface area contributed by atoms with Crippen molar-refractivity contribution in [2.75, 3.05) is 0 Å². The van der Waals surface area contributed by atoms with Crippen LogP contribution in [0.1, 0.15) is 16.7 Å². The summed E-state index contributed by atoms with van der Waals surface area (Å²) in [6, 6.07) is 23.4. The number of ether oxygens (including phenoxy) is 1. The van der Waals surface area contributed by atoms with Crippen LogP contribution >= 0.6 is 23.4 Å². The molecule has 168 valence electrons. The van der Waals surface area contributed by atoms with Gasteiger partial charge in [0.1, 0.15) is 17.3 Å². The van der Waals surface area contributed by atoms with Gasteiger partial charge in [-0.3, -0.25) is 5.10 Å². The van der Waals surface area contributed by atoms with E-state index >= 15 is 0 Å². The predicted octanol–water partition coefficient (Wildman–Crippen LogP) is 5.79. The molecule has 3 aromatic carbocycles. The summed E-state index contributed by atoms with van der Waals surface area (Å²) in [6.45, 7) is 0.359. The molecule has 1 aromatic heterocycles. The monoisotopic (exact) mass is 488 g/mol. The third-order valence-corrected chi connectivity index (χ3v) is 5.79. The van der Waals surface area contributed by atoms with Gasteiger partial charge in [-0.15, -0.1) is 5.10 Å². The molecule has 4 aromatic rings. The molecule has 34 heavy (non-hydrogen) atoms. The van der Waals surface area contributed by atoms with Crippen molar-refractivity contribution < 1.29 is 14.6 Å². The van der Waals surface area contributed by atoms with E-state index in [1.54, 1.807) is 66.7 Å². The minimum absolute atomic E-state index is 0.0768. The van der Waals surface area contributed by atoms with E-state index in [-0.39, 0.29) is 4.91 Å². The Balaban J connectivity index is 1.42. The van der Waals surface area contributed by atoms with Crippen molar-refractivity contribution in [3.05, 3.63) is 99.4 Å². The average molecular weight is 489 g/mol. The van der Waals surface area contributed by atoms with E-state index in [0.717, 1.165) is 22.9 Å². The number of hydrogen-bond donors (Lipinski definition) is 2. The van der Waals surface area contributed by atoms with Gasteiger partial charge in [-0.25, -0.2) is 9.78 Å². The summed E-state index contributed by atoms with van der Waals surface area (Å²) in [5.41, 5.74) is 3.03. The van der Waals surface area contributed by atoms with Gasteiger partial charge >= 0.3 is 5.97 Å². The van der Waals surface area contributed by atoms with Gasteiger partial charge in [0, 0.05) is 10.6 Å². The zero-order chi connectivity index (χ0) is 23.9. The number of aromatic amines is 1. The first-order chi connectivity index (χ1) is 16.5. The van der Waals surface area contributed by atoms with Crippen LogP contribution in [0.2, 0.25) is 5.02 Å². The summed E-state index contributed by atoms with van der Waals surface area (Å²) in [4.78, 5) is 16.2. The Labute approximate surface area is 204 Å². The van der Waals surface area contributed by atoms with Crippen LogP contribution in [-0.2, 0) is 11.4 Å². The first kappa shape index (κ1) is 23.1. The minimum atomic E-state index is -1.08. The summed E-state index contributed by atoms with van der Waals surface area (Å²) in [6.07, 6.45) is 1.55. The largest absolute Gasteiger partial charge is 0.489 e. The second-order valence-electron chi connectivity index (χ2n) is 7.06. The van der Waals surface area contributed by atoms with Gasteiger partial charge in [0.2, 0.25) is 5.16 Å². The molecule has 9 heteroatoms. The molecule has 1 heterocycles. The summed E-state index contributed by atoms with van der Waals surface area (Å²) < 4.78 is 5.76. The molecule has 0 radical (unpaired) electrons. The van der Waals surface area contributed by atoms with Crippen molar-refractivity contribution in [2.45, 2.75) is 11.8 Å². The molecule has 0 saturated carbocycles. The maximum Gasteiger partial charge on any atom is 0.342 e. The number of aromatic nitrogens is 3. The number of H-pyrrole nitrogens is 1. The fraction of sp³-hybridized carbons (Fsp3) is 0.0400. The van der Waals surface area contributed by atoms with Crippen LogP contribution in [0.5, 0.6) is 5.75 Å². The molecule has 0 spiro atoms. The second-order valence-corrected chi connectivity index (χ2v) is 8.50. The highest BCUT2D eigenvalue weighted by molar-refractivity contribution is 8.04. The maximum absolute atomic E-state index is 11.8. The Morgan fingerprint density at radius 3 is 2.44 bits per heavy atom. The van der Waals surface area contributed by atoms with Gasteiger partial charge in [0.25, 0.3) is 0 Å². The summed E-state index contributed by atoms with van der Waals surface area (Å²) in [7, 11) is 0. The molecule has 0 aliphatic rings.